The predicted molar refractivity (Wildman–Crippen MR) is 100 cm³/mol. The van der Waals surface area contributed by atoms with Gasteiger partial charge in [-0.2, -0.15) is 11.8 Å². The monoisotopic (exact) mass is 398 g/mol. The van der Waals surface area contributed by atoms with Crippen LogP contribution in [0.4, 0.5) is 18.9 Å². The summed E-state index contributed by atoms with van der Waals surface area (Å²) >= 11 is 1.51. The van der Waals surface area contributed by atoms with Crippen LogP contribution in [0.5, 0.6) is 5.88 Å². The number of nitrogens with zero attached hydrogens (tertiary/aromatic N) is 4. The Hall–Kier alpha value is -2.16. The summed E-state index contributed by atoms with van der Waals surface area (Å²) in [5.41, 5.74) is 1.95. The molecule has 0 aliphatic heterocycles. The van der Waals surface area contributed by atoms with E-state index < -0.39 is 17.7 Å². The Morgan fingerprint density at radius 3 is 2.85 bits per heavy atom. The number of anilines is 1. The minimum atomic E-state index is -2.46. The van der Waals surface area contributed by atoms with E-state index in [4.69, 9.17) is 4.74 Å². The van der Waals surface area contributed by atoms with Crippen molar-refractivity contribution in [2.45, 2.75) is 18.8 Å². The van der Waals surface area contributed by atoms with Crippen LogP contribution in [0.2, 0.25) is 0 Å². The minimum absolute atomic E-state index is 0.00612. The molecule has 0 N–H and O–H groups in total. The van der Waals surface area contributed by atoms with Gasteiger partial charge in [0, 0.05) is 36.9 Å². The lowest BCUT2D eigenvalue weighted by atomic mass is 10.3. The molecule has 1 fully saturated rings. The van der Waals surface area contributed by atoms with E-state index in [-0.39, 0.29) is 6.42 Å². The van der Waals surface area contributed by atoms with E-state index in [2.05, 4.69) is 16.7 Å². The van der Waals surface area contributed by atoms with Gasteiger partial charge in [0.15, 0.2) is 0 Å². The zero-order chi connectivity index (χ0) is 19.6. The van der Waals surface area contributed by atoms with E-state index in [9.17, 15) is 13.2 Å². The van der Waals surface area contributed by atoms with Gasteiger partial charge >= 0.3 is 0 Å². The summed E-state index contributed by atoms with van der Waals surface area (Å²) in [7, 11) is 3.33. The van der Waals surface area contributed by atoms with Crippen LogP contribution >= 0.6 is 11.8 Å². The fraction of sp³-hybridized carbons (Fsp3) is 0.444. The van der Waals surface area contributed by atoms with Crippen molar-refractivity contribution in [2.75, 3.05) is 30.6 Å². The van der Waals surface area contributed by atoms with Gasteiger partial charge in [0.2, 0.25) is 0 Å². The highest BCUT2D eigenvalue weighted by atomic mass is 32.2. The lowest BCUT2D eigenvalue weighted by Gasteiger charge is -2.20. The highest BCUT2D eigenvalue weighted by Crippen LogP contribution is 2.50. The van der Waals surface area contributed by atoms with Gasteiger partial charge < -0.3 is 9.64 Å². The first-order valence-corrected chi connectivity index (χ1v) is 9.59. The number of aromatic nitrogens is 3. The van der Waals surface area contributed by atoms with E-state index in [0.29, 0.717) is 35.2 Å². The molecule has 1 unspecified atom stereocenters. The van der Waals surface area contributed by atoms with Gasteiger partial charge in [-0.15, -0.1) is 5.10 Å². The quantitative estimate of drug-likeness (QED) is 0.594. The third-order valence-corrected chi connectivity index (χ3v) is 5.59. The molecule has 0 spiro atoms. The van der Waals surface area contributed by atoms with Crippen LogP contribution in [0.1, 0.15) is 12.8 Å². The second kappa shape index (κ2) is 7.84. The maximum atomic E-state index is 13.4. The molecular formula is C18H21F3N4OS. The van der Waals surface area contributed by atoms with Crippen molar-refractivity contribution < 1.29 is 17.9 Å². The average Bonchev–Trinajstić information content (AvgIpc) is 3.06. The lowest BCUT2D eigenvalue weighted by Crippen LogP contribution is -2.16. The zero-order valence-corrected chi connectivity index (χ0v) is 16.0. The summed E-state index contributed by atoms with van der Waals surface area (Å²) in [5, 5.41) is 4.30. The molecule has 2 aromatic rings. The molecule has 0 saturated heterocycles. The molecule has 3 rings (SSSR count). The van der Waals surface area contributed by atoms with Crippen LogP contribution < -0.4 is 9.64 Å². The van der Waals surface area contributed by atoms with Gasteiger partial charge in [-0.05, 0) is 12.2 Å². The third kappa shape index (κ3) is 4.58. The largest absolute Gasteiger partial charge is 0.478 e. The summed E-state index contributed by atoms with van der Waals surface area (Å²) < 4.78 is 46.0. The first-order chi connectivity index (χ1) is 12.8. The van der Waals surface area contributed by atoms with Gasteiger partial charge in [0.05, 0.1) is 31.4 Å². The molecular weight excluding hydrogens is 377 g/mol. The van der Waals surface area contributed by atoms with E-state index in [1.165, 1.54) is 35.8 Å². The molecule has 0 amide bonds. The first-order valence-electron chi connectivity index (χ1n) is 8.43. The minimum Gasteiger partial charge on any atom is -0.478 e. The number of alkyl halides is 2. The molecule has 1 aliphatic rings. The number of methoxy groups -OCH3 is 1. The Labute approximate surface area is 160 Å². The number of halogens is 3. The van der Waals surface area contributed by atoms with Gasteiger partial charge in [-0.1, -0.05) is 6.58 Å². The Balaban J connectivity index is 1.61. The van der Waals surface area contributed by atoms with Crippen LogP contribution in [-0.2, 0) is 0 Å². The van der Waals surface area contributed by atoms with Crippen molar-refractivity contribution in [3.05, 3.63) is 42.8 Å². The molecule has 2 aromatic heterocycles. The summed E-state index contributed by atoms with van der Waals surface area (Å²) in [6, 6.07) is 1.32. The maximum Gasteiger partial charge on any atom is 0.257 e. The normalized spacial score (nSPS) is 17.6. The number of hydrogen-bond acceptors (Lipinski definition) is 5. The molecule has 2 heterocycles. The van der Waals surface area contributed by atoms with Crippen molar-refractivity contribution in [2.24, 2.45) is 5.92 Å². The molecule has 5 nitrogen and oxygen atoms in total. The highest BCUT2D eigenvalue weighted by Gasteiger charge is 2.56. The second-order valence-corrected chi connectivity index (χ2v) is 7.59. The van der Waals surface area contributed by atoms with Crippen LogP contribution in [0, 0.1) is 11.7 Å². The maximum absolute atomic E-state index is 13.4. The van der Waals surface area contributed by atoms with Crippen molar-refractivity contribution in [3.8, 4) is 11.6 Å². The predicted octanol–water partition coefficient (Wildman–Crippen LogP) is 4.14. The zero-order valence-electron chi connectivity index (χ0n) is 15.2. The SMILES string of the molecule is C=C(CCSCC1CC1(F)F)N(C)c1cn(-c2cncc(F)c2)nc1OC. The van der Waals surface area contributed by atoms with Crippen LogP contribution in [0.25, 0.3) is 5.69 Å². The number of allylic oxidation sites excluding steroid dienone is 1. The Morgan fingerprint density at radius 2 is 2.22 bits per heavy atom. The van der Waals surface area contributed by atoms with E-state index >= 15 is 0 Å². The average molecular weight is 398 g/mol. The van der Waals surface area contributed by atoms with Crippen molar-refractivity contribution in [1.82, 2.24) is 14.8 Å². The molecule has 1 aliphatic carbocycles. The summed E-state index contributed by atoms with van der Waals surface area (Å²) in [5.74, 6) is -1.86. The molecule has 27 heavy (non-hydrogen) atoms. The Bertz CT molecular complexity index is 827. The standard InChI is InChI=1S/C18H21F3N4OS/c1-12(4-5-27-11-13-7-18(13,20)21)24(2)16-10-25(23-17(16)26-3)15-6-14(19)8-22-9-15/h6,8-10,13H,1,4-5,7,11H2,2-3H3. The van der Waals surface area contributed by atoms with Crippen LogP contribution in [0.15, 0.2) is 36.9 Å². The van der Waals surface area contributed by atoms with E-state index in [1.54, 1.807) is 6.20 Å². The molecule has 9 heteroatoms. The van der Waals surface area contributed by atoms with Gasteiger partial charge in [0.1, 0.15) is 11.5 Å². The number of hydrogen-bond donors (Lipinski definition) is 0. The smallest absolute Gasteiger partial charge is 0.257 e. The first kappa shape index (κ1) is 19.6. The fourth-order valence-corrected chi connectivity index (χ4v) is 3.78. The van der Waals surface area contributed by atoms with Crippen LogP contribution in [0.3, 0.4) is 0 Å². The third-order valence-electron chi connectivity index (χ3n) is 4.46. The summed E-state index contributed by atoms with van der Waals surface area (Å²) in [6.07, 6.45) is 4.98. The number of thioether (sulfide) groups is 1. The molecule has 146 valence electrons. The molecule has 1 atom stereocenters. The molecule has 0 bridgehead atoms. The van der Waals surface area contributed by atoms with Crippen molar-refractivity contribution >= 4 is 17.4 Å². The lowest BCUT2D eigenvalue weighted by molar-refractivity contribution is 0.103. The number of ether oxygens (including phenoxy) is 1. The van der Waals surface area contributed by atoms with E-state index in [1.807, 2.05) is 11.9 Å². The second-order valence-electron chi connectivity index (χ2n) is 6.44. The fourth-order valence-electron chi connectivity index (χ4n) is 2.59. The summed E-state index contributed by atoms with van der Waals surface area (Å²) in [6.45, 7) is 4.06. The molecule has 0 radical (unpaired) electrons. The van der Waals surface area contributed by atoms with Crippen molar-refractivity contribution in [3.63, 3.8) is 0 Å². The topological polar surface area (TPSA) is 43.2 Å². The van der Waals surface area contributed by atoms with Crippen LogP contribution in [-0.4, -0.2) is 46.4 Å². The number of pyridine rings is 1. The molecule has 1 saturated carbocycles. The van der Waals surface area contributed by atoms with E-state index in [0.717, 1.165) is 11.9 Å². The van der Waals surface area contributed by atoms with Gasteiger partial charge in [0.25, 0.3) is 11.8 Å². The molecule has 0 aromatic carbocycles. The highest BCUT2D eigenvalue weighted by molar-refractivity contribution is 7.99. The van der Waals surface area contributed by atoms with Gasteiger partial charge in [-0.3, -0.25) is 4.98 Å². The Kier molecular flexibility index (Phi) is 5.69. The number of rotatable bonds is 9. The Morgan fingerprint density at radius 1 is 1.48 bits per heavy atom. The van der Waals surface area contributed by atoms with Gasteiger partial charge in [-0.25, -0.2) is 17.9 Å². The van der Waals surface area contributed by atoms with Crippen molar-refractivity contribution in [1.29, 1.82) is 0 Å². The summed E-state index contributed by atoms with van der Waals surface area (Å²) in [4.78, 5) is 5.66.